The highest BCUT2D eigenvalue weighted by molar-refractivity contribution is 7.07. The molecule has 0 atom stereocenters. The van der Waals surface area contributed by atoms with Crippen molar-refractivity contribution in [2.75, 3.05) is 20.3 Å². The van der Waals surface area contributed by atoms with Crippen molar-refractivity contribution in [1.82, 2.24) is 25.3 Å². The highest BCUT2D eigenvalue weighted by atomic mass is 32.1. The lowest BCUT2D eigenvalue weighted by Gasteiger charge is -1.99. The summed E-state index contributed by atoms with van der Waals surface area (Å²) in [6, 6.07) is 0. The lowest BCUT2D eigenvalue weighted by Crippen LogP contribution is -2.18. The van der Waals surface area contributed by atoms with Crippen LogP contribution in [0.15, 0.2) is 17.1 Å². The fraction of sp³-hybridized carbons (Fsp3) is 0.500. The Morgan fingerprint density at radius 2 is 2.41 bits per heavy atom. The molecule has 7 heteroatoms. The van der Waals surface area contributed by atoms with Crippen molar-refractivity contribution >= 4 is 11.3 Å². The normalized spacial score (nSPS) is 10.9. The Kier molecular flexibility index (Phi) is 4.60. The van der Waals surface area contributed by atoms with Gasteiger partial charge in [0.05, 0.1) is 36.2 Å². The van der Waals surface area contributed by atoms with E-state index in [4.69, 9.17) is 4.74 Å². The molecule has 0 aliphatic heterocycles. The van der Waals surface area contributed by atoms with Gasteiger partial charge >= 0.3 is 0 Å². The van der Waals surface area contributed by atoms with E-state index in [2.05, 4.69) is 20.6 Å². The van der Waals surface area contributed by atoms with Crippen LogP contribution in [-0.4, -0.2) is 40.2 Å². The number of thiazole rings is 1. The fourth-order valence-corrected chi connectivity index (χ4v) is 1.92. The van der Waals surface area contributed by atoms with Crippen LogP contribution in [-0.2, 0) is 17.8 Å². The molecule has 2 aromatic heterocycles. The van der Waals surface area contributed by atoms with Crippen LogP contribution in [0.5, 0.6) is 0 Å². The smallest absolute Gasteiger partial charge is 0.0965 e. The maximum atomic E-state index is 4.94. The van der Waals surface area contributed by atoms with Gasteiger partial charge in [0.2, 0.25) is 0 Å². The molecule has 0 aliphatic rings. The molecule has 0 bridgehead atoms. The molecular weight excluding hydrogens is 238 g/mol. The highest BCUT2D eigenvalue weighted by Crippen LogP contribution is 2.03. The van der Waals surface area contributed by atoms with E-state index in [-0.39, 0.29) is 0 Å². The molecule has 6 nitrogen and oxygen atoms in total. The second-order valence-corrected chi connectivity index (χ2v) is 4.28. The lowest BCUT2D eigenvalue weighted by molar-refractivity contribution is 0.199. The maximum Gasteiger partial charge on any atom is 0.0965 e. The van der Waals surface area contributed by atoms with Gasteiger partial charge < -0.3 is 10.1 Å². The molecule has 0 spiro atoms. The van der Waals surface area contributed by atoms with Crippen molar-refractivity contribution in [3.8, 4) is 0 Å². The molecule has 17 heavy (non-hydrogen) atoms. The minimum atomic E-state index is 0.675. The van der Waals surface area contributed by atoms with Gasteiger partial charge in [-0.3, -0.25) is 0 Å². The number of nitrogens with one attached hydrogen (secondary N) is 1. The quantitative estimate of drug-likeness (QED) is 0.729. The first kappa shape index (κ1) is 12.2. The summed E-state index contributed by atoms with van der Waals surface area (Å²) in [5.41, 5.74) is 3.76. The molecule has 92 valence electrons. The summed E-state index contributed by atoms with van der Waals surface area (Å²) < 4.78 is 6.74. The van der Waals surface area contributed by atoms with Gasteiger partial charge in [-0.1, -0.05) is 5.21 Å². The van der Waals surface area contributed by atoms with E-state index < -0.39 is 0 Å². The summed E-state index contributed by atoms with van der Waals surface area (Å²) in [5, 5.41) is 13.4. The number of aromatic nitrogens is 4. The van der Waals surface area contributed by atoms with Gasteiger partial charge in [0, 0.05) is 25.6 Å². The largest absolute Gasteiger partial charge is 0.383 e. The van der Waals surface area contributed by atoms with Gasteiger partial charge in [0.25, 0.3) is 0 Å². The molecule has 0 amide bonds. The van der Waals surface area contributed by atoms with Crippen LogP contribution in [0.3, 0.4) is 0 Å². The number of rotatable bonds is 7. The molecular formula is C10H15N5OS. The van der Waals surface area contributed by atoms with Crippen molar-refractivity contribution in [3.63, 3.8) is 0 Å². The number of hydrogen-bond acceptors (Lipinski definition) is 6. The van der Waals surface area contributed by atoms with Crippen LogP contribution in [0.2, 0.25) is 0 Å². The summed E-state index contributed by atoms with van der Waals surface area (Å²) in [6.45, 7) is 2.90. The molecule has 0 unspecified atom stereocenters. The van der Waals surface area contributed by atoms with Crippen LogP contribution in [0.25, 0.3) is 0 Å². The summed E-state index contributed by atoms with van der Waals surface area (Å²) >= 11 is 1.59. The molecule has 2 rings (SSSR count). The van der Waals surface area contributed by atoms with Crippen molar-refractivity contribution < 1.29 is 4.74 Å². The summed E-state index contributed by atoms with van der Waals surface area (Å²) in [5.74, 6) is 0. The number of methoxy groups -OCH3 is 1. The van der Waals surface area contributed by atoms with E-state index in [9.17, 15) is 0 Å². The first-order valence-corrected chi connectivity index (χ1v) is 6.28. The van der Waals surface area contributed by atoms with E-state index >= 15 is 0 Å². The van der Waals surface area contributed by atoms with E-state index in [0.29, 0.717) is 19.7 Å². The van der Waals surface area contributed by atoms with Crippen LogP contribution in [0.4, 0.5) is 0 Å². The van der Waals surface area contributed by atoms with E-state index in [1.165, 1.54) is 0 Å². The number of hydrogen-bond donors (Lipinski definition) is 1. The first-order valence-electron chi connectivity index (χ1n) is 5.34. The number of ether oxygens (including phenoxy) is 1. The van der Waals surface area contributed by atoms with Crippen molar-refractivity contribution in [1.29, 1.82) is 0 Å². The fourth-order valence-electron chi connectivity index (χ4n) is 1.37. The number of nitrogens with zero attached hydrogens (tertiary/aromatic N) is 4. The SMILES string of the molecule is COCCNCc1cn(Cc2cscn2)nn1. The van der Waals surface area contributed by atoms with Crippen molar-refractivity contribution in [3.05, 3.63) is 28.5 Å². The molecule has 0 saturated heterocycles. The van der Waals surface area contributed by atoms with Gasteiger partial charge in [-0.25, -0.2) is 9.67 Å². The third kappa shape index (κ3) is 3.88. The molecule has 0 radical (unpaired) electrons. The predicted molar refractivity (Wildman–Crippen MR) is 64.8 cm³/mol. The van der Waals surface area contributed by atoms with Gasteiger partial charge in [-0.15, -0.1) is 16.4 Å². The Morgan fingerprint density at radius 1 is 1.47 bits per heavy atom. The predicted octanol–water partition coefficient (Wildman–Crippen LogP) is 0.519. The molecule has 2 aromatic rings. The van der Waals surface area contributed by atoms with Gasteiger partial charge in [0.15, 0.2) is 0 Å². The Bertz CT molecular complexity index is 428. The highest BCUT2D eigenvalue weighted by Gasteiger charge is 2.02. The van der Waals surface area contributed by atoms with Crippen LogP contribution in [0, 0.1) is 0 Å². The Hall–Kier alpha value is -1.31. The van der Waals surface area contributed by atoms with E-state index in [1.54, 1.807) is 23.1 Å². The standard InChI is InChI=1S/C10H15N5OS/c1-16-3-2-11-4-9-5-15(14-13-9)6-10-7-17-8-12-10/h5,7-8,11H,2-4,6H2,1H3. The zero-order valence-electron chi connectivity index (χ0n) is 9.67. The first-order chi connectivity index (χ1) is 8.38. The van der Waals surface area contributed by atoms with Crippen LogP contribution in [0.1, 0.15) is 11.4 Å². The van der Waals surface area contributed by atoms with Gasteiger partial charge in [-0.05, 0) is 0 Å². The van der Waals surface area contributed by atoms with E-state index in [0.717, 1.165) is 17.9 Å². The Balaban J connectivity index is 1.79. The molecule has 0 fully saturated rings. The molecule has 0 saturated carbocycles. The monoisotopic (exact) mass is 253 g/mol. The zero-order chi connectivity index (χ0) is 11.9. The third-order valence-electron chi connectivity index (χ3n) is 2.18. The molecule has 0 aromatic carbocycles. The minimum Gasteiger partial charge on any atom is -0.383 e. The Labute approximate surface area is 104 Å². The molecule has 1 N–H and O–H groups in total. The van der Waals surface area contributed by atoms with Crippen LogP contribution >= 0.6 is 11.3 Å². The second kappa shape index (κ2) is 6.43. The summed E-state index contributed by atoms with van der Waals surface area (Å²) in [7, 11) is 1.69. The van der Waals surface area contributed by atoms with E-state index in [1.807, 2.05) is 17.1 Å². The van der Waals surface area contributed by atoms with Crippen molar-refractivity contribution in [2.24, 2.45) is 0 Å². The van der Waals surface area contributed by atoms with Gasteiger partial charge in [0.1, 0.15) is 0 Å². The summed E-state index contributed by atoms with van der Waals surface area (Å²) in [6.07, 6.45) is 1.93. The van der Waals surface area contributed by atoms with Crippen molar-refractivity contribution in [2.45, 2.75) is 13.1 Å². The lowest BCUT2D eigenvalue weighted by atomic mass is 10.4. The Morgan fingerprint density at radius 3 is 3.18 bits per heavy atom. The average Bonchev–Trinajstić information content (AvgIpc) is 2.97. The average molecular weight is 253 g/mol. The molecule has 0 aliphatic carbocycles. The zero-order valence-corrected chi connectivity index (χ0v) is 10.5. The van der Waals surface area contributed by atoms with Crippen LogP contribution < -0.4 is 5.32 Å². The maximum absolute atomic E-state index is 4.94. The third-order valence-corrected chi connectivity index (χ3v) is 2.82. The second-order valence-electron chi connectivity index (χ2n) is 3.56. The minimum absolute atomic E-state index is 0.675. The topological polar surface area (TPSA) is 64.9 Å². The molecule has 2 heterocycles. The van der Waals surface area contributed by atoms with Gasteiger partial charge in [-0.2, -0.15) is 0 Å². The summed E-state index contributed by atoms with van der Waals surface area (Å²) in [4.78, 5) is 4.21.